The Morgan fingerprint density at radius 1 is 1.43 bits per heavy atom. The molecule has 1 saturated heterocycles. The fourth-order valence-electron chi connectivity index (χ4n) is 2.58. The van der Waals surface area contributed by atoms with Crippen molar-refractivity contribution in [2.24, 2.45) is 0 Å². The summed E-state index contributed by atoms with van der Waals surface area (Å²) in [4.78, 5) is 18.3. The number of piperidine rings is 1. The first-order chi connectivity index (χ1) is 10.9. The summed E-state index contributed by atoms with van der Waals surface area (Å²) in [5, 5.41) is 4.04. The second-order valence-corrected chi connectivity index (χ2v) is 6.70. The monoisotopic (exact) mass is 319 g/mol. The van der Waals surface area contributed by atoms with Crippen LogP contribution in [-0.2, 0) is 4.74 Å². The first kappa shape index (κ1) is 15.6. The lowest BCUT2D eigenvalue weighted by Crippen LogP contribution is -2.42. The molecule has 23 heavy (non-hydrogen) atoms. The average molecular weight is 319 g/mol. The summed E-state index contributed by atoms with van der Waals surface area (Å²) in [7, 11) is 0. The maximum absolute atomic E-state index is 12.2. The van der Waals surface area contributed by atoms with Gasteiger partial charge in [0.25, 0.3) is 5.89 Å². The molecule has 1 aliphatic rings. The average Bonchev–Trinajstić information content (AvgIpc) is 3.17. The highest BCUT2D eigenvalue weighted by Gasteiger charge is 2.30. The maximum atomic E-state index is 12.2. The second-order valence-electron chi connectivity index (χ2n) is 6.70. The second kappa shape index (κ2) is 6.06. The number of nitrogens with zero attached hydrogens (tertiary/aromatic N) is 3. The zero-order valence-corrected chi connectivity index (χ0v) is 13.6. The van der Waals surface area contributed by atoms with E-state index < -0.39 is 5.60 Å². The smallest absolute Gasteiger partial charge is 0.410 e. The van der Waals surface area contributed by atoms with Crippen molar-refractivity contribution in [2.45, 2.75) is 45.1 Å². The highest BCUT2D eigenvalue weighted by Crippen LogP contribution is 2.28. The molecule has 1 aliphatic heterocycles. The minimum Gasteiger partial charge on any atom is -0.459 e. The van der Waals surface area contributed by atoms with Crippen molar-refractivity contribution in [3.63, 3.8) is 0 Å². The van der Waals surface area contributed by atoms with Gasteiger partial charge in [-0.25, -0.2) is 4.79 Å². The Labute approximate surface area is 134 Å². The molecule has 1 fully saturated rings. The molecule has 0 saturated carbocycles. The Bertz CT molecular complexity index is 657. The van der Waals surface area contributed by atoms with E-state index >= 15 is 0 Å². The molecule has 124 valence electrons. The van der Waals surface area contributed by atoms with Crippen molar-refractivity contribution in [3.8, 4) is 11.7 Å². The fourth-order valence-corrected chi connectivity index (χ4v) is 2.58. The predicted molar refractivity (Wildman–Crippen MR) is 81.8 cm³/mol. The molecular formula is C16H21N3O4. The van der Waals surface area contributed by atoms with Gasteiger partial charge in [0.15, 0.2) is 11.6 Å². The van der Waals surface area contributed by atoms with Gasteiger partial charge >= 0.3 is 6.09 Å². The van der Waals surface area contributed by atoms with Crippen LogP contribution in [0.2, 0.25) is 0 Å². The van der Waals surface area contributed by atoms with E-state index in [0.717, 1.165) is 12.8 Å². The Kier molecular flexibility index (Phi) is 4.11. The van der Waals surface area contributed by atoms with Crippen molar-refractivity contribution in [1.82, 2.24) is 15.0 Å². The number of hydrogen-bond acceptors (Lipinski definition) is 6. The summed E-state index contributed by atoms with van der Waals surface area (Å²) >= 11 is 0. The van der Waals surface area contributed by atoms with Crippen LogP contribution >= 0.6 is 0 Å². The molecule has 7 heteroatoms. The van der Waals surface area contributed by atoms with Crippen LogP contribution in [0.3, 0.4) is 0 Å². The van der Waals surface area contributed by atoms with Gasteiger partial charge in [-0.2, -0.15) is 4.98 Å². The van der Waals surface area contributed by atoms with E-state index in [1.54, 1.807) is 23.3 Å². The Balaban J connectivity index is 1.68. The van der Waals surface area contributed by atoms with Gasteiger partial charge in [0.1, 0.15) is 5.60 Å². The third-order valence-electron chi connectivity index (χ3n) is 3.61. The van der Waals surface area contributed by atoms with E-state index in [2.05, 4.69) is 10.1 Å². The van der Waals surface area contributed by atoms with Crippen LogP contribution in [0.15, 0.2) is 27.3 Å². The molecule has 0 aromatic carbocycles. The van der Waals surface area contributed by atoms with Gasteiger partial charge in [0.2, 0.25) is 0 Å². The number of likely N-dealkylation sites (tertiary alicyclic amines) is 1. The van der Waals surface area contributed by atoms with Crippen LogP contribution in [0.25, 0.3) is 11.7 Å². The lowest BCUT2D eigenvalue weighted by Gasteiger charge is -2.32. The van der Waals surface area contributed by atoms with Crippen LogP contribution in [0.1, 0.15) is 45.4 Å². The Morgan fingerprint density at radius 3 is 2.96 bits per heavy atom. The van der Waals surface area contributed by atoms with Crippen molar-refractivity contribution in [3.05, 3.63) is 24.2 Å². The van der Waals surface area contributed by atoms with Crippen molar-refractivity contribution < 1.29 is 18.5 Å². The standard InChI is InChI=1S/C16H21N3O4/c1-16(2,3)22-15(20)19-8-4-6-11(10-19)13-17-14(23-18-13)12-7-5-9-21-12/h5,7,9,11H,4,6,8,10H2,1-3H3/t11-/m0/s1. The van der Waals surface area contributed by atoms with Crippen molar-refractivity contribution in [2.75, 3.05) is 13.1 Å². The molecule has 0 unspecified atom stereocenters. The third kappa shape index (κ3) is 3.72. The molecule has 0 radical (unpaired) electrons. The first-order valence-corrected chi connectivity index (χ1v) is 7.78. The third-order valence-corrected chi connectivity index (χ3v) is 3.61. The summed E-state index contributed by atoms with van der Waals surface area (Å²) in [5.41, 5.74) is -0.497. The SMILES string of the molecule is CC(C)(C)OC(=O)N1CCC[C@H](c2noc(-c3ccco3)n2)C1. The number of ether oxygens (including phenoxy) is 1. The van der Waals surface area contributed by atoms with Gasteiger partial charge in [-0.1, -0.05) is 5.16 Å². The number of aromatic nitrogens is 2. The van der Waals surface area contributed by atoms with E-state index in [0.29, 0.717) is 30.6 Å². The number of carbonyl (C=O) groups excluding carboxylic acids is 1. The molecule has 0 aliphatic carbocycles. The van der Waals surface area contributed by atoms with Gasteiger partial charge in [0, 0.05) is 19.0 Å². The van der Waals surface area contributed by atoms with Crippen molar-refractivity contribution in [1.29, 1.82) is 0 Å². The predicted octanol–water partition coefficient (Wildman–Crippen LogP) is 3.44. The van der Waals surface area contributed by atoms with E-state index in [1.807, 2.05) is 20.8 Å². The molecule has 0 N–H and O–H groups in total. The lowest BCUT2D eigenvalue weighted by molar-refractivity contribution is 0.0195. The molecule has 2 aromatic heterocycles. The van der Waals surface area contributed by atoms with Crippen LogP contribution in [-0.4, -0.2) is 39.8 Å². The first-order valence-electron chi connectivity index (χ1n) is 7.78. The molecule has 0 bridgehead atoms. The van der Waals surface area contributed by atoms with Gasteiger partial charge in [-0.05, 0) is 45.7 Å². The molecule has 0 spiro atoms. The van der Waals surface area contributed by atoms with Gasteiger partial charge in [-0.15, -0.1) is 0 Å². The van der Waals surface area contributed by atoms with Gasteiger partial charge < -0.3 is 18.6 Å². The minimum atomic E-state index is -0.497. The summed E-state index contributed by atoms with van der Waals surface area (Å²) in [6, 6.07) is 3.54. The van der Waals surface area contributed by atoms with E-state index in [4.69, 9.17) is 13.7 Å². The quantitative estimate of drug-likeness (QED) is 0.843. The van der Waals surface area contributed by atoms with Gasteiger partial charge in [0.05, 0.1) is 6.26 Å². The van der Waals surface area contributed by atoms with Gasteiger partial charge in [-0.3, -0.25) is 0 Å². The normalized spacial score (nSPS) is 18.9. The summed E-state index contributed by atoms with van der Waals surface area (Å²) in [6.45, 7) is 6.81. The van der Waals surface area contributed by atoms with Crippen LogP contribution in [0.5, 0.6) is 0 Å². The molecular weight excluding hydrogens is 298 g/mol. The van der Waals surface area contributed by atoms with Crippen LogP contribution in [0, 0.1) is 0 Å². The zero-order chi connectivity index (χ0) is 16.4. The summed E-state index contributed by atoms with van der Waals surface area (Å²) in [5.74, 6) is 1.55. The largest absolute Gasteiger partial charge is 0.459 e. The molecule has 3 rings (SSSR count). The molecule has 2 aromatic rings. The maximum Gasteiger partial charge on any atom is 0.410 e. The lowest BCUT2D eigenvalue weighted by atomic mass is 9.98. The Hall–Kier alpha value is -2.31. The number of furan rings is 1. The van der Waals surface area contributed by atoms with E-state index in [9.17, 15) is 4.79 Å². The molecule has 7 nitrogen and oxygen atoms in total. The topological polar surface area (TPSA) is 81.6 Å². The number of rotatable bonds is 2. The van der Waals surface area contributed by atoms with E-state index in [1.165, 1.54) is 0 Å². The highest BCUT2D eigenvalue weighted by molar-refractivity contribution is 5.68. The highest BCUT2D eigenvalue weighted by atomic mass is 16.6. The zero-order valence-electron chi connectivity index (χ0n) is 13.6. The number of hydrogen-bond donors (Lipinski definition) is 0. The Morgan fingerprint density at radius 2 is 2.26 bits per heavy atom. The summed E-state index contributed by atoms with van der Waals surface area (Å²) in [6.07, 6.45) is 3.06. The fraction of sp³-hybridized carbons (Fsp3) is 0.562. The van der Waals surface area contributed by atoms with Crippen LogP contribution in [0.4, 0.5) is 4.79 Å². The van der Waals surface area contributed by atoms with Crippen molar-refractivity contribution >= 4 is 6.09 Å². The minimum absolute atomic E-state index is 0.0451. The molecule has 1 amide bonds. The van der Waals surface area contributed by atoms with Crippen LogP contribution < -0.4 is 0 Å². The number of amides is 1. The van der Waals surface area contributed by atoms with E-state index in [-0.39, 0.29) is 12.0 Å². The molecule has 3 heterocycles. The summed E-state index contributed by atoms with van der Waals surface area (Å²) < 4.78 is 15.9. The number of carbonyl (C=O) groups is 1. The molecule has 1 atom stereocenters.